The summed E-state index contributed by atoms with van der Waals surface area (Å²) in [5, 5.41) is 1.24. The quantitative estimate of drug-likeness (QED) is 0.181. The summed E-state index contributed by atoms with van der Waals surface area (Å²) >= 11 is 3.65. The lowest BCUT2D eigenvalue weighted by Gasteiger charge is -2.35. The molecule has 40 heavy (non-hydrogen) atoms. The molecule has 1 aliphatic heterocycles. The van der Waals surface area contributed by atoms with E-state index in [2.05, 4.69) is 167 Å². The van der Waals surface area contributed by atoms with Crippen molar-refractivity contribution in [2.24, 2.45) is 0 Å². The van der Waals surface area contributed by atoms with Crippen molar-refractivity contribution in [1.82, 2.24) is 9.47 Å². The molecule has 0 bridgehead atoms. The zero-order chi connectivity index (χ0) is 27.6. The van der Waals surface area contributed by atoms with Crippen LogP contribution in [0.5, 0.6) is 0 Å². The van der Waals surface area contributed by atoms with Gasteiger partial charge < -0.3 is 9.47 Å². The van der Waals surface area contributed by atoms with Crippen molar-refractivity contribution in [2.75, 3.05) is 7.05 Å². The summed E-state index contributed by atoms with van der Waals surface area (Å²) in [6.07, 6.45) is 10.7. The van der Waals surface area contributed by atoms with Crippen LogP contribution in [0.15, 0.2) is 138 Å². The van der Waals surface area contributed by atoms with Gasteiger partial charge in [0.05, 0.1) is 11.6 Å². The molecular weight excluding hydrogens is 552 g/mol. The number of aryl methyl sites for hydroxylation is 1. The molecule has 0 saturated carbocycles. The number of likely N-dealkylation sites (N-methyl/N-ethyl adjacent to an activating group) is 1. The van der Waals surface area contributed by atoms with Crippen LogP contribution in [0.1, 0.15) is 34.0 Å². The molecule has 0 spiro atoms. The third-order valence-corrected chi connectivity index (χ3v) is 8.21. The number of hydrogen-bond donors (Lipinski definition) is 0. The van der Waals surface area contributed by atoms with Crippen LogP contribution < -0.4 is 0 Å². The lowest BCUT2D eigenvalue weighted by Crippen LogP contribution is -2.24. The molecule has 2 heterocycles. The Kier molecular flexibility index (Phi) is 7.15. The van der Waals surface area contributed by atoms with Crippen molar-refractivity contribution >= 4 is 44.2 Å². The van der Waals surface area contributed by atoms with E-state index in [0.29, 0.717) is 0 Å². The zero-order valence-corrected chi connectivity index (χ0v) is 24.3. The highest BCUT2D eigenvalue weighted by molar-refractivity contribution is 9.10. The van der Waals surface area contributed by atoms with Crippen molar-refractivity contribution in [3.05, 3.63) is 166 Å². The third kappa shape index (κ3) is 4.78. The topological polar surface area (TPSA) is 8.17 Å². The second-order valence-electron chi connectivity index (χ2n) is 10.1. The Morgan fingerprint density at radius 3 is 2.17 bits per heavy atom. The summed E-state index contributed by atoms with van der Waals surface area (Å²) < 4.78 is 3.42. The first-order valence-electron chi connectivity index (χ1n) is 13.5. The van der Waals surface area contributed by atoms with Gasteiger partial charge >= 0.3 is 0 Å². The van der Waals surface area contributed by atoms with Gasteiger partial charge in [-0.2, -0.15) is 0 Å². The Balaban J connectivity index is 1.44. The lowest BCUT2D eigenvalue weighted by molar-refractivity contribution is 0.413. The Hall–Kier alpha value is -4.34. The zero-order valence-electron chi connectivity index (χ0n) is 22.8. The van der Waals surface area contributed by atoms with Gasteiger partial charge in [0.2, 0.25) is 0 Å². The number of aromatic nitrogens is 1. The van der Waals surface area contributed by atoms with Gasteiger partial charge in [0.1, 0.15) is 0 Å². The average Bonchev–Trinajstić information content (AvgIpc) is 3.27. The fourth-order valence-electron chi connectivity index (χ4n) is 5.65. The molecule has 0 fully saturated rings. The fraction of sp³-hybridized carbons (Fsp3) is 0.0811. The number of halogens is 1. The second-order valence-corrected chi connectivity index (χ2v) is 11.0. The van der Waals surface area contributed by atoms with E-state index >= 15 is 0 Å². The number of benzene rings is 4. The molecule has 1 unspecified atom stereocenters. The molecule has 0 N–H and O–H groups in total. The first kappa shape index (κ1) is 25.9. The molecular formula is C37H31BrN2. The average molecular weight is 584 g/mol. The van der Waals surface area contributed by atoms with Crippen molar-refractivity contribution < 1.29 is 0 Å². The standard InChI is InChI=1S/C37H31BrN2/c1-4-5-16-34-26(2)33-25-31(38)19-22-35(33)40(34)32-20-17-29(18-21-32)37-24-30(27-12-8-6-9-13-27)23-36(39(37)3)28-14-10-7-11-15-28/h4-25,37H,1H2,2-3H3/b16-5-. The largest absolute Gasteiger partial charge is 0.364 e. The van der Waals surface area contributed by atoms with Crippen LogP contribution in [0, 0.1) is 6.92 Å². The highest BCUT2D eigenvalue weighted by Gasteiger charge is 2.24. The molecule has 1 aromatic heterocycles. The number of fused-ring (bicyclic) bond motifs is 1. The van der Waals surface area contributed by atoms with E-state index in [4.69, 9.17) is 0 Å². The summed E-state index contributed by atoms with van der Waals surface area (Å²) in [5.74, 6) is 0. The minimum Gasteiger partial charge on any atom is -0.364 e. The number of nitrogens with zero attached hydrogens (tertiary/aromatic N) is 2. The molecule has 2 nitrogen and oxygen atoms in total. The van der Waals surface area contributed by atoms with Gasteiger partial charge in [-0.25, -0.2) is 0 Å². The monoisotopic (exact) mass is 582 g/mol. The Labute approximate surface area is 245 Å². The maximum Gasteiger partial charge on any atom is 0.0732 e. The van der Waals surface area contributed by atoms with Gasteiger partial charge in [0.15, 0.2) is 0 Å². The molecule has 0 saturated heterocycles. The van der Waals surface area contributed by atoms with Crippen LogP contribution in [0.4, 0.5) is 0 Å². The van der Waals surface area contributed by atoms with Crippen molar-refractivity contribution in [3.63, 3.8) is 0 Å². The third-order valence-electron chi connectivity index (χ3n) is 7.72. The first-order valence-corrected chi connectivity index (χ1v) is 14.3. The molecule has 196 valence electrons. The molecule has 0 amide bonds. The van der Waals surface area contributed by atoms with Gasteiger partial charge in [-0.1, -0.05) is 107 Å². The Bertz CT molecular complexity index is 1770. The van der Waals surface area contributed by atoms with Crippen LogP contribution in [0.25, 0.3) is 33.9 Å². The van der Waals surface area contributed by atoms with Crippen molar-refractivity contribution in [3.8, 4) is 5.69 Å². The molecule has 1 aliphatic rings. The first-order chi connectivity index (χ1) is 19.5. The van der Waals surface area contributed by atoms with Gasteiger partial charge in [-0.05, 0) is 83.3 Å². The van der Waals surface area contributed by atoms with Gasteiger partial charge in [0, 0.05) is 34.0 Å². The van der Waals surface area contributed by atoms with Crippen LogP contribution in [-0.4, -0.2) is 16.5 Å². The smallest absolute Gasteiger partial charge is 0.0732 e. The van der Waals surface area contributed by atoms with Gasteiger partial charge in [-0.15, -0.1) is 0 Å². The van der Waals surface area contributed by atoms with E-state index in [0.717, 1.165) is 15.9 Å². The van der Waals surface area contributed by atoms with E-state index in [1.807, 2.05) is 12.2 Å². The van der Waals surface area contributed by atoms with Gasteiger partial charge in [0.25, 0.3) is 0 Å². The predicted octanol–water partition coefficient (Wildman–Crippen LogP) is 10.0. The second kappa shape index (κ2) is 11.0. The number of hydrogen-bond acceptors (Lipinski definition) is 1. The highest BCUT2D eigenvalue weighted by atomic mass is 79.9. The fourth-order valence-corrected chi connectivity index (χ4v) is 6.01. The normalized spacial score (nSPS) is 15.4. The SMILES string of the molecule is C=C/C=C\c1c(C)c2cc(Br)ccc2n1-c1ccc(C2C=C(c3ccccc3)C=C(c3ccccc3)N2C)cc1. The van der Waals surface area contributed by atoms with E-state index in [1.54, 1.807) is 0 Å². The molecule has 5 aromatic rings. The molecule has 4 aromatic carbocycles. The number of rotatable bonds is 6. The molecule has 1 atom stereocenters. The molecule has 3 heteroatoms. The van der Waals surface area contributed by atoms with E-state index < -0.39 is 0 Å². The van der Waals surface area contributed by atoms with E-state index in [-0.39, 0.29) is 6.04 Å². The molecule has 0 radical (unpaired) electrons. The lowest BCUT2D eigenvalue weighted by atomic mass is 9.92. The van der Waals surface area contributed by atoms with Gasteiger partial charge in [-0.3, -0.25) is 0 Å². The highest BCUT2D eigenvalue weighted by Crippen LogP contribution is 2.39. The minimum atomic E-state index is 0.101. The van der Waals surface area contributed by atoms with E-state index in [1.165, 1.54) is 44.4 Å². The summed E-state index contributed by atoms with van der Waals surface area (Å²) in [6.45, 7) is 6.07. The maximum absolute atomic E-state index is 3.88. The summed E-state index contributed by atoms with van der Waals surface area (Å²) in [4.78, 5) is 2.38. The number of allylic oxidation sites excluding steroid dienone is 4. The van der Waals surface area contributed by atoms with Crippen molar-refractivity contribution in [1.29, 1.82) is 0 Å². The molecule has 0 aliphatic carbocycles. The summed E-state index contributed by atoms with van der Waals surface area (Å²) in [5.41, 5.74) is 10.9. The van der Waals surface area contributed by atoms with Crippen LogP contribution in [0.3, 0.4) is 0 Å². The van der Waals surface area contributed by atoms with Crippen LogP contribution in [0.2, 0.25) is 0 Å². The van der Waals surface area contributed by atoms with E-state index in [9.17, 15) is 0 Å². The predicted molar refractivity (Wildman–Crippen MR) is 174 cm³/mol. The van der Waals surface area contributed by atoms with Crippen molar-refractivity contribution in [2.45, 2.75) is 13.0 Å². The summed E-state index contributed by atoms with van der Waals surface area (Å²) in [7, 11) is 2.19. The van der Waals surface area contributed by atoms with Crippen LogP contribution in [-0.2, 0) is 0 Å². The molecule has 6 rings (SSSR count). The summed E-state index contributed by atoms with van der Waals surface area (Å²) in [6, 6.07) is 36.9. The Morgan fingerprint density at radius 1 is 0.825 bits per heavy atom. The Morgan fingerprint density at radius 2 is 1.50 bits per heavy atom. The maximum atomic E-state index is 3.88. The minimum absolute atomic E-state index is 0.101. The van der Waals surface area contributed by atoms with Crippen LogP contribution >= 0.6 is 15.9 Å².